The smallest absolute Gasteiger partial charge is 0.206 e. The molecular weight excluding hydrogens is 223 g/mol. The third kappa shape index (κ3) is 4.11. The lowest BCUT2D eigenvalue weighted by molar-refractivity contribution is 1.00. The number of nitrogens with two attached hydrogens (primary N) is 1. The van der Waals surface area contributed by atoms with Crippen molar-refractivity contribution in [3.63, 3.8) is 0 Å². The van der Waals surface area contributed by atoms with E-state index in [0.717, 1.165) is 5.56 Å². The second-order valence-electron chi connectivity index (χ2n) is 2.31. The average molecular weight is 233 g/mol. The highest BCUT2D eigenvalue weighted by Gasteiger charge is 1.93. The van der Waals surface area contributed by atoms with E-state index in [1.54, 1.807) is 6.07 Å². The molecule has 0 aliphatic heterocycles. The molecule has 0 radical (unpaired) electrons. The van der Waals surface area contributed by atoms with Crippen LogP contribution in [0.4, 0.5) is 0 Å². The summed E-state index contributed by atoms with van der Waals surface area (Å²) in [6.07, 6.45) is 1.50. The molecule has 0 bridgehead atoms. The van der Waals surface area contributed by atoms with Crippen molar-refractivity contribution >= 4 is 36.2 Å². The first-order chi connectivity index (χ1) is 6.20. The second-order valence-corrected chi connectivity index (χ2v) is 2.71. The van der Waals surface area contributed by atoms with Crippen LogP contribution in [0.25, 0.3) is 0 Å². The van der Waals surface area contributed by atoms with Crippen molar-refractivity contribution < 1.29 is 0 Å². The molecule has 1 rings (SSSR count). The van der Waals surface area contributed by atoms with Crippen LogP contribution in [0.3, 0.4) is 0 Å². The van der Waals surface area contributed by atoms with Crippen molar-refractivity contribution in [2.24, 2.45) is 10.8 Å². The van der Waals surface area contributed by atoms with Crippen molar-refractivity contribution in [3.8, 4) is 0 Å². The third-order valence-electron chi connectivity index (χ3n) is 1.29. The largest absolute Gasteiger partial charge is 0.369 e. The van der Waals surface area contributed by atoms with Gasteiger partial charge in [-0.1, -0.05) is 29.8 Å². The van der Waals surface area contributed by atoms with Crippen LogP contribution in [-0.2, 0) is 0 Å². The summed E-state index contributed by atoms with van der Waals surface area (Å²) in [5, 5.41) is 11.1. The van der Waals surface area contributed by atoms with Gasteiger partial charge in [-0.15, -0.1) is 12.4 Å². The maximum Gasteiger partial charge on any atom is 0.206 e. The summed E-state index contributed by atoms with van der Waals surface area (Å²) in [7, 11) is 0. The molecule has 14 heavy (non-hydrogen) atoms. The Morgan fingerprint density at radius 1 is 1.50 bits per heavy atom. The maximum absolute atomic E-state index is 6.83. The van der Waals surface area contributed by atoms with Crippen LogP contribution >= 0.6 is 24.0 Å². The zero-order valence-corrected chi connectivity index (χ0v) is 8.77. The summed E-state index contributed by atoms with van der Waals surface area (Å²) in [5.74, 6) is -0.205. The van der Waals surface area contributed by atoms with Gasteiger partial charge in [-0.3, -0.25) is 5.41 Å². The van der Waals surface area contributed by atoms with Gasteiger partial charge >= 0.3 is 0 Å². The van der Waals surface area contributed by atoms with E-state index in [-0.39, 0.29) is 18.4 Å². The predicted octanol–water partition coefficient (Wildman–Crippen LogP) is 1.58. The molecule has 0 saturated heterocycles. The maximum atomic E-state index is 6.83. The molecule has 1 aromatic carbocycles. The van der Waals surface area contributed by atoms with E-state index in [2.05, 4.69) is 10.5 Å². The van der Waals surface area contributed by atoms with Gasteiger partial charge in [0.15, 0.2) is 0 Å². The molecule has 0 unspecified atom stereocenters. The SMILES string of the molecule is Cl.N=C(N)NN=Cc1ccccc1Cl. The summed E-state index contributed by atoms with van der Waals surface area (Å²) >= 11 is 5.84. The van der Waals surface area contributed by atoms with Crippen LogP contribution < -0.4 is 11.2 Å². The van der Waals surface area contributed by atoms with Crippen molar-refractivity contribution in [2.75, 3.05) is 0 Å². The van der Waals surface area contributed by atoms with Gasteiger partial charge in [0.05, 0.1) is 6.21 Å². The molecule has 0 saturated carbocycles. The lowest BCUT2D eigenvalue weighted by Crippen LogP contribution is -2.25. The molecule has 76 valence electrons. The van der Waals surface area contributed by atoms with Crippen LogP contribution in [0.2, 0.25) is 5.02 Å². The first kappa shape index (κ1) is 12.7. The van der Waals surface area contributed by atoms with E-state index in [1.165, 1.54) is 6.21 Å². The Bertz CT molecular complexity index is 338. The molecule has 0 atom stereocenters. The Morgan fingerprint density at radius 2 is 2.14 bits per heavy atom. The summed E-state index contributed by atoms with van der Waals surface area (Å²) in [6, 6.07) is 7.25. The highest BCUT2D eigenvalue weighted by atomic mass is 35.5. The van der Waals surface area contributed by atoms with Crippen molar-refractivity contribution in [3.05, 3.63) is 34.9 Å². The minimum absolute atomic E-state index is 0. The molecule has 4 N–H and O–H groups in total. The van der Waals surface area contributed by atoms with Crippen LogP contribution in [0.1, 0.15) is 5.56 Å². The van der Waals surface area contributed by atoms with E-state index in [9.17, 15) is 0 Å². The standard InChI is InChI=1S/C8H9ClN4.ClH/c9-7-4-2-1-3-6(7)5-12-13-8(10)11;/h1-5H,(H4,10,11,13);1H. The van der Waals surface area contributed by atoms with Gasteiger partial charge in [-0.2, -0.15) is 5.10 Å². The summed E-state index contributed by atoms with van der Waals surface area (Å²) in [4.78, 5) is 0. The molecule has 0 heterocycles. The van der Waals surface area contributed by atoms with Crippen molar-refractivity contribution in [1.82, 2.24) is 5.43 Å². The average Bonchev–Trinajstić information content (AvgIpc) is 2.08. The van der Waals surface area contributed by atoms with Crippen LogP contribution in [0, 0.1) is 5.41 Å². The van der Waals surface area contributed by atoms with Crippen molar-refractivity contribution in [1.29, 1.82) is 5.41 Å². The topological polar surface area (TPSA) is 74.3 Å². The molecule has 0 aromatic heterocycles. The number of halogens is 2. The lowest BCUT2D eigenvalue weighted by atomic mass is 10.2. The van der Waals surface area contributed by atoms with Crippen LogP contribution in [-0.4, -0.2) is 12.2 Å². The highest BCUT2D eigenvalue weighted by Crippen LogP contribution is 2.11. The van der Waals surface area contributed by atoms with E-state index >= 15 is 0 Å². The molecule has 6 heteroatoms. The third-order valence-corrected chi connectivity index (χ3v) is 1.64. The summed E-state index contributed by atoms with van der Waals surface area (Å²) in [5.41, 5.74) is 8.09. The molecule has 0 amide bonds. The van der Waals surface area contributed by atoms with E-state index in [1.807, 2.05) is 18.2 Å². The molecule has 4 nitrogen and oxygen atoms in total. The normalized spacial score (nSPS) is 9.50. The van der Waals surface area contributed by atoms with E-state index in [4.69, 9.17) is 22.7 Å². The number of nitrogens with one attached hydrogen (secondary N) is 2. The van der Waals surface area contributed by atoms with Gasteiger partial charge in [-0.25, -0.2) is 5.43 Å². The summed E-state index contributed by atoms with van der Waals surface area (Å²) < 4.78 is 0. The van der Waals surface area contributed by atoms with Crippen LogP contribution in [0.15, 0.2) is 29.4 Å². The molecule has 0 fully saturated rings. The van der Waals surface area contributed by atoms with Gasteiger partial charge < -0.3 is 5.73 Å². The number of hydrazone groups is 1. The Balaban J connectivity index is 0.00000169. The number of benzene rings is 1. The van der Waals surface area contributed by atoms with Crippen molar-refractivity contribution in [2.45, 2.75) is 0 Å². The predicted molar refractivity (Wildman–Crippen MR) is 61.3 cm³/mol. The Hall–Kier alpha value is -1.26. The number of hydrogen-bond acceptors (Lipinski definition) is 2. The van der Waals surface area contributed by atoms with Gasteiger partial charge in [0.25, 0.3) is 0 Å². The molecule has 0 spiro atoms. The zero-order chi connectivity index (χ0) is 9.68. The number of guanidine groups is 1. The molecule has 0 aliphatic carbocycles. The first-order valence-corrected chi connectivity index (χ1v) is 3.95. The Labute approximate surface area is 93.1 Å². The minimum Gasteiger partial charge on any atom is -0.369 e. The second kappa shape index (κ2) is 6.23. The molecule has 1 aromatic rings. The fourth-order valence-corrected chi connectivity index (χ4v) is 0.936. The van der Waals surface area contributed by atoms with Gasteiger partial charge in [-0.05, 0) is 6.07 Å². The number of hydrogen-bond donors (Lipinski definition) is 3. The fraction of sp³-hybridized carbons (Fsp3) is 0. The molecular formula is C8H10Cl2N4. The number of rotatable bonds is 2. The van der Waals surface area contributed by atoms with E-state index < -0.39 is 0 Å². The first-order valence-electron chi connectivity index (χ1n) is 3.58. The summed E-state index contributed by atoms with van der Waals surface area (Å²) in [6.45, 7) is 0. The van der Waals surface area contributed by atoms with Gasteiger partial charge in [0, 0.05) is 10.6 Å². The minimum atomic E-state index is -0.205. The quantitative estimate of drug-likeness (QED) is 0.412. The monoisotopic (exact) mass is 232 g/mol. The highest BCUT2D eigenvalue weighted by molar-refractivity contribution is 6.33. The molecule has 0 aliphatic rings. The Kier molecular flexibility index (Phi) is 5.67. The van der Waals surface area contributed by atoms with Crippen LogP contribution in [0.5, 0.6) is 0 Å². The zero-order valence-electron chi connectivity index (χ0n) is 7.20. The Morgan fingerprint density at radius 3 is 2.71 bits per heavy atom. The fourth-order valence-electron chi connectivity index (χ4n) is 0.751. The number of nitrogens with zero attached hydrogens (tertiary/aromatic N) is 1. The van der Waals surface area contributed by atoms with Gasteiger partial charge in [0.1, 0.15) is 0 Å². The van der Waals surface area contributed by atoms with Gasteiger partial charge in [0.2, 0.25) is 5.96 Å². The van der Waals surface area contributed by atoms with E-state index in [0.29, 0.717) is 5.02 Å². The lowest BCUT2D eigenvalue weighted by Gasteiger charge is -1.96.